The molecular weight excluding hydrogens is 245 g/mol. The van der Waals surface area contributed by atoms with Crippen LogP contribution < -0.4 is 5.73 Å². The van der Waals surface area contributed by atoms with Gasteiger partial charge in [0.25, 0.3) is 0 Å². The highest BCUT2D eigenvalue weighted by atomic mass is 79.9. The zero-order valence-electron chi connectivity index (χ0n) is 8.91. The number of halogens is 2. The summed E-state index contributed by atoms with van der Waals surface area (Å²) in [7, 11) is 0. The van der Waals surface area contributed by atoms with Crippen molar-refractivity contribution < 1.29 is 4.39 Å². The maximum Gasteiger partial charge on any atom is 0.138 e. The molecule has 1 rings (SSSR count). The van der Waals surface area contributed by atoms with Crippen LogP contribution in [0.1, 0.15) is 30.5 Å². The van der Waals surface area contributed by atoms with E-state index in [1.165, 1.54) is 6.07 Å². The molecule has 0 fully saturated rings. The van der Waals surface area contributed by atoms with Gasteiger partial charge < -0.3 is 5.73 Å². The molecule has 0 aromatic heterocycles. The monoisotopic (exact) mass is 259 g/mol. The van der Waals surface area contributed by atoms with Crippen LogP contribution in [0.25, 0.3) is 0 Å². The first kappa shape index (κ1) is 11.7. The van der Waals surface area contributed by atoms with E-state index >= 15 is 0 Å². The van der Waals surface area contributed by atoms with Crippen LogP contribution in [0.3, 0.4) is 0 Å². The first-order chi connectivity index (χ1) is 6.25. The summed E-state index contributed by atoms with van der Waals surface area (Å²) in [6, 6.07) is 1.52. The fourth-order valence-electron chi connectivity index (χ4n) is 1.61. The minimum atomic E-state index is -0.532. The lowest BCUT2D eigenvalue weighted by Gasteiger charge is -2.24. The second-order valence-electron chi connectivity index (χ2n) is 4.21. The summed E-state index contributed by atoms with van der Waals surface area (Å²) in [6.45, 7) is 7.60. The van der Waals surface area contributed by atoms with Gasteiger partial charge in [-0.3, -0.25) is 0 Å². The van der Waals surface area contributed by atoms with E-state index in [0.29, 0.717) is 4.47 Å². The third-order valence-corrected chi connectivity index (χ3v) is 3.16. The molecule has 0 amide bonds. The van der Waals surface area contributed by atoms with Crippen LogP contribution in [0, 0.1) is 19.7 Å². The lowest BCUT2D eigenvalue weighted by Crippen LogP contribution is -2.30. The predicted octanol–water partition coefficient (Wildman–Crippen LogP) is 3.40. The maximum absolute atomic E-state index is 13.4. The normalized spacial score (nSPS) is 11.9. The third kappa shape index (κ3) is 1.98. The maximum atomic E-state index is 13.4. The molecule has 0 unspecified atom stereocenters. The van der Waals surface area contributed by atoms with Gasteiger partial charge in [-0.1, -0.05) is 0 Å². The van der Waals surface area contributed by atoms with Gasteiger partial charge in [-0.05, 0) is 66.4 Å². The Morgan fingerprint density at radius 3 is 2.29 bits per heavy atom. The Bertz CT molecular complexity index is 340. The second kappa shape index (κ2) is 3.63. The van der Waals surface area contributed by atoms with Crippen LogP contribution in [0.5, 0.6) is 0 Å². The van der Waals surface area contributed by atoms with Crippen molar-refractivity contribution in [3.05, 3.63) is 33.0 Å². The summed E-state index contributed by atoms with van der Waals surface area (Å²) in [5.74, 6) is -0.248. The summed E-state index contributed by atoms with van der Waals surface area (Å²) in [6.07, 6.45) is 0. The van der Waals surface area contributed by atoms with Crippen molar-refractivity contribution in [2.24, 2.45) is 5.73 Å². The Hall–Kier alpha value is -0.410. The van der Waals surface area contributed by atoms with Gasteiger partial charge in [-0.15, -0.1) is 0 Å². The molecule has 0 atom stereocenters. The van der Waals surface area contributed by atoms with E-state index in [1.807, 2.05) is 27.7 Å². The van der Waals surface area contributed by atoms with E-state index in [4.69, 9.17) is 5.73 Å². The lowest BCUT2D eigenvalue weighted by molar-refractivity contribution is 0.533. The highest BCUT2D eigenvalue weighted by Crippen LogP contribution is 2.33. The Labute approximate surface area is 92.6 Å². The molecule has 1 aromatic rings. The molecule has 78 valence electrons. The summed E-state index contributed by atoms with van der Waals surface area (Å²) >= 11 is 3.25. The van der Waals surface area contributed by atoms with E-state index in [2.05, 4.69) is 15.9 Å². The largest absolute Gasteiger partial charge is 0.322 e. The smallest absolute Gasteiger partial charge is 0.138 e. The van der Waals surface area contributed by atoms with Crippen molar-refractivity contribution in [3.8, 4) is 0 Å². The number of benzene rings is 1. The Morgan fingerprint density at radius 2 is 1.86 bits per heavy atom. The van der Waals surface area contributed by atoms with Gasteiger partial charge in [0, 0.05) is 5.54 Å². The van der Waals surface area contributed by atoms with Gasteiger partial charge in [0.2, 0.25) is 0 Å². The van der Waals surface area contributed by atoms with Crippen LogP contribution in [-0.2, 0) is 5.54 Å². The summed E-state index contributed by atoms with van der Waals surface area (Å²) in [5, 5.41) is 0. The van der Waals surface area contributed by atoms with Gasteiger partial charge in [0.15, 0.2) is 0 Å². The first-order valence-electron chi connectivity index (χ1n) is 4.49. The van der Waals surface area contributed by atoms with Gasteiger partial charge in [-0.2, -0.15) is 0 Å². The van der Waals surface area contributed by atoms with E-state index in [-0.39, 0.29) is 5.82 Å². The van der Waals surface area contributed by atoms with Crippen molar-refractivity contribution in [1.82, 2.24) is 0 Å². The third-order valence-electron chi connectivity index (χ3n) is 2.38. The zero-order chi connectivity index (χ0) is 11.1. The molecule has 0 bridgehead atoms. The molecule has 0 saturated carbocycles. The Kier molecular flexibility index (Phi) is 3.02. The minimum Gasteiger partial charge on any atom is -0.322 e. The van der Waals surface area contributed by atoms with E-state index in [9.17, 15) is 4.39 Å². The quantitative estimate of drug-likeness (QED) is 0.822. The average Bonchev–Trinajstić information content (AvgIpc) is 1.98. The van der Waals surface area contributed by atoms with Crippen molar-refractivity contribution in [1.29, 1.82) is 0 Å². The highest BCUT2D eigenvalue weighted by molar-refractivity contribution is 9.10. The molecule has 1 nitrogen and oxygen atoms in total. The first-order valence-corrected chi connectivity index (χ1v) is 5.29. The summed E-state index contributed by atoms with van der Waals surface area (Å²) in [4.78, 5) is 0. The number of aryl methyl sites for hydroxylation is 1. The molecule has 0 aliphatic rings. The van der Waals surface area contributed by atoms with Gasteiger partial charge in [0.1, 0.15) is 5.82 Å². The standard InChI is InChI=1S/C11H15BrFN/c1-6-5-8(13)10(12)9(7(6)2)11(3,4)14/h5H,14H2,1-4H3. The van der Waals surface area contributed by atoms with Gasteiger partial charge >= 0.3 is 0 Å². The number of hydrogen-bond donors (Lipinski definition) is 1. The summed E-state index contributed by atoms with van der Waals surface area (Å²) < 4.78 is 13.9. The Balaban J connectivity index is 3.56. The second-order valence-corrected chi connectivity index (χ2v) is 5.00. The molecule has 14 heavy (non-hydrogen) atoms. The van der Waals surface area contributed by atoms with Crippen LogP contribution in [0.2, 0.25) is 0 Å². The average molecular weight is 260 g/mol. The van der Waals surface area contributed by atoms with Crippen LogP contribution in [-0.4, -0.2) is 0 Å². The Morgan fingerprint density at radius 1 is 1.36 bits per heavy atom. The fraction of sp³-hybridized carbons (Fsp3) is 0.455. The molecule has 0 spiro atoms. The molecule has 0 aliphatic heterocycles. The van der Waals surface area contributed by atoms with E-state index in [0.717, 1.165) is 16.7 Å². The number of nitrogens with two attached hydrogens (primary N) is 1. The van der Waals surface area contributed by atoms with Crippen LogP contribution in [0.4, 0.5) is 4.39 Å². The highest BCUT2D eigenvalue weighted by Gasteiger charge is 2.23. The van der Waals surface area contributed by atoms with Crippen molar-refractivity contribution in [3.63, 3.8) is 0 Å². The molecule has 3 heteroatoms. The SMILES string of the molecule is Cc1cc(F)c(Br)c(C(C)(C)N)c1C. The van der Waals surface area contributed by atoms with Gasteiger partial charge in [-0.25, -0.2) is 4.39 Å². The van der Waals surface area contributed by atoms with Gasteiger partial charge in [0.05, 0.1) is 4.47 Å². The van der Waals surface area contributed by atoms with E-state index < -0.39 is 5.54 Å². The fourth-order valence-corrected chi connectivity index (χ4v) is 2.53. The van der Waals surface area contributed by atoms with Crippen molar-refractivity contribution in [2.75, 3.05) is 0 Å². The topological polar surface area (TPSA) is 26.0 Å². The lowest BCUT2D eigenvalue weighted by atomic mass is 9.89. The number of hydrogen-bond acceptors (Lipinski definition) is 1. The predicted molar refractivity (Wildman–Crippen MR) is 60.8 cm³/mol. The molecule has 0 aliphatic carbocycles. The summed E-state index contributed by atoms with van der Waals surface area (Å²) in [5.41, 5.74) is 8.29. The van der Waals surface area contributed by atoms with Crippen molar-refractivity contribution >= 4 is 15.9 Å². The number of rotatable bonds is 1. The minimum absolute atomic E-state index is 0.248. The molecule has 0 radical (unpaired) electrons. The van der Waals surface area contributed by atoms with Crippen LogP contribution >= 0.6 is 15.9 Å². The van der Waals surface area contributed by atoms with Crippen LogP contribution in [0.15, 0.2) is 10.5 Å². The van der Waals surface area contributed by atoms with Crippen molar-refractivity contribution in [2.45, 2.75) is 33.2 Å². The molecule has 0 heterocycles. The molecule has 1 aromatic carbocycles. The molecule has 2 N–H and O–H groups in total. The van der Waals surface area contributed by atoms with E-state index in [1.54, 1.807) is 0 Å². The zero-order valence-corrected chi connectivity index (χ0v) is 10.5. The molecular formula is C11H15BrFN. The molecule has 0 saturated heterocycles.